The van der Waals surface area contributed by atoms with Crippen LogP contribution in [-0.4, -0.2) is 11.2 Å². The Balaban J connectivity index is 1.96. The van der Waals surface area contributed by atoms with E-state index in [4.69, 9.17) is 0 Å². The summed E-state index contributed by atoms with van der Waals surface area (Å²) < 4.78 is 0. The lowest BCUT2D eigenvalue weighted by atomic mass is 9.46. The molecule has 4 atom stereocenters. The first kappa shape index (κ1) is 12.7. The number of aliphatic hydroxyl groups is 1. The lowest BCUT2D eigenvalue weighted by Gasteiger charge is -2.59. The first-order valence-electron chi connectivity index (χ1n) is 7.82. The third-order valence-electron chi connectivity index (χ3n) is 6.40. The summed E-state index contributed by atoms with van der Waals surface area (Å²) in [6, 6.07) is 0. The van der Waals surface area contributed by atoms with Gasteiger partial charge in [0.25, 0.3) is 0 Å². The molecule has 3 aliphatic rings. The average molecular weight is 248 g/mol. The minimum atomic E-state index is -0.159. The Labute approximate surface area is 112 Å². The fraction of sp³-hybridized carbons (Fsp3) is 0.882. The molecule has 102 valence electrons. The summed E-state index contributed by atoms with van der Waals surface area (Å²) in [7, 11) is 0. The second kappa shape index (κ2) is 4.10. The van der Waals surface area contributed by atoms with Crippen molar-refractivity contribution in [2.24, 2.45) is 22.7 Å². The van der Waals surface area contributed by atoms with Crippen LogP contribution in [0.1, 0.15) is 65.7 Å². The van der Waals surface area contributed by atoms with E-state index in [2.05, 4.69) is 26.8 Å². The predicted molar refractivity (Wildman–Crippen MR) is 75.3 cm³/mol. The van der Waals surface area contributed by atoms with E-state index in [1.165, 1.54) is 38.5 Å². The average Bonchev–Trinajstić information content (AvgIpc) is 2.27. The molecule has 2 fully saturated rings. The topological polar surface area (TPSA) is 20.2 Å². The second-order valence-corrected chi connectivity index (χ2v) is 7.88. The molecule has 0 spiro atoms. The van der Waals surface area contributed by atoms with Crippen LogP contribution in [0.5, 0.6) is 0 Å². The number of hydrogen-bond acceptors (Lipinski definition) is 1. The second-order valence-electron chi connectivity index (χ2n) is 7.88. The number of aliphatic hydroxyl groups excluding tert-OH is 1. The van der Waals surface area contributed by atoms with Gasteiger partial charge in [-0.2, -0.15) is 0 Å². The van der Waals surface area contributed by atoms with Crippen LogP contribution >= 0.6 is 0 Å². The van der Waals surface area contributed by atoms with E-state index in [1.54, 1.807) is 5.57 Å². The highest BCUT2D eigenvalue weighted by Crippen LogP contribution is 2.62. The maximum atomic E-state index is 9.85. The minimum Gasteiger partial charge on any atom is -0.389 e. The van der Waals surface area contributed by atoms with Crippen molar-refractivity contribution >= 4 is 0 Å². The van der Waals surface area contributed by atoms with Crippen molar-refractivity contribution in [1.29, 1.82) is 0 Å². The van der Waals surface area contributed by atoms with Gasteiger partial charge in [0.1, 0.15) is 0 Å². The monoisotopic (exact) mass is 248 g/mol. The zero-order valence-corrected chi connectivity index (χ0v) is 12.2. The van der Waals surface area contributed by atoms with Crippen LogP contribution < -0.4 is 0 Å². The standard InChI is InChI=1S/C17H28O/c1-16(2)9-4-10-17(3)14-7-6-13(18)11-12(14)5-8-15(16)17/h11,13-15,18H,4-10H2,1-3H3/t13-,14-,15+,17-/m1/s1. The van der Waals surface area contributed by atoms with Crippen molar-refractivity contribution in [2.45, 2.75) is 71.8 Å². The van der Waals surface area contributed by atoms with Crippen molar-refractivity contribution in [2.75, 3.05) is 0 Å². The summed E-state index contributed by atoms with van der Waals surface area (Å²) in [5.74, 6) is 1.65. The molecule has 0 heterocycles. The molecule has 18 heavy (non-hydrogen) atoms. The van der Waals surface area contributed by atoms with E-state index in [0.717, 1.165) is 18.3 Å². The van der Waals surface area contributed by atoms with Crippen molar-refractivity contribution in [3.63, 3.8) is 0 Å². The van der Waals surface area contributed by atoms with Gasteiger partial charge in [0.15, 0.2) is 0 Å². The minimum absolute atomic E-state index is 0.159. The van der Waals surface area contributed by atoms with Crippen molar-refractivity contribution < 1.29 is 5.11 Å². The Hall–Kier alpha value is -0.300. The van der Waals surface area contributed by atoms with Crippen LogP contribution in [-0.2, 0) is 0 Å². The van der Waals surface area contributed by atoms with Gasteiger partial charge in [-0.05, 0) is 61.2 Å². The van der Waals surface area contributed by atoms with Gasteiger partial charge in [-0.1, -0.05) is 38.8 Å². The van der Waals surface area contributed by atoms with Gasteiger partial charge in [-0.3, -0.25) is 0 Å². The Kier molecular flexibility index (Phi) is 2.89. The van der Waals surface area contributed by atoms with Gasteiger partial charge >= 0.3 is 0 Å². The van der Waals surface area contributed by atoms with Crippen LogP contribution in [0.25, 0.3) is 0 Å². The first-order chi connectivity index (χ1) is 8.43. The molecule has 3 aliphatic carbocycles. The quantitative estimate of drug-likeness (QED) is 0.633. The van der Waals surface area contributed by atoms with Crippen LogP contribution in [0.15, 0.2) is 11.6 Å². The van der Waals surface area contributed by atoms with E-state index < -0.39 is 0 Å². The Bertz CT molecular complexity index is 368. The highest BCUT2D eigenvalue weighted by molar-refractivity contribution is 5.22. The Morgan fingerprint density at radius 1 is 1.11 bits per heavy atom. The molecule has 0 radical (unpaired) electrons. The summed E-state index contributed by atoms with van der Waals surface area (Å²) in [6.45, 7) is 7.52. The van der Waals surface area contributed by atoms with Gasteiger partial charge in [0.05, 0.1) is 6.10 Å². The SMILES string of the molecule is CC1(C)CCC[C@]2(C)[C@@H]3CC[C@@H](O)C=C3CC[C@@H]12. The van der Waals surface area contributed by atoms with E-state index in [1.807, 2.05) is 0 Å². The first-order valence-corrected chi connectivity index (χ1v) is 7.82. The molecule has 1 heteroatoms. The maximum absolute atomic E-state index is 9.85. The predicted octanol–water partition coefficient (Wildman–Crippen LogP) is 4.31. The number of hydrogen-bond donors (Lipinski definition) is 1. The fourth-order valence-electron chi connectivity index (χ4n) is 5.59. The summed E-state index contributed by atoms with van der Waals surface area (Å²) in [6.07, 6.45) is 11.0. The molecule has 0 aromatic heterocycles. The number of allylic oxidation sites excluding steroid dienone is 1. The van der Waals surface area contributed by atoms with Crippen LogP contribution in [0.4, 0.5) is 0 Å². The summed E-state index contributed by atoms with van der Waals surface area (Å²) in [5, 5.41) is 9.85. The van der Waals surface area contributed by atoms with Crippen molar-refractivity contribution in [3.05, 3.63) is 11.6 Å². The normalized spacial score (nSPS) is 46.9. The van der Waals surface area contributed by atoms with Gasteiger partial charge in [0, 0.05) is 0 Å². The lowest BCUT2D eigenvalue weighted by molar-refractivity contribution is -0.0597. The number of rotatable bonds is 0. The largest absolute Gasteiger partial charge is 0.389 e. The van der Waals surface area contributed by atoms with E-state index >= 15 is 0 Å². The molecule has 0 amide bonds. The van der Waals surface area contributed by atoms with Crippen LogP contribution in [0.2, 0.25) is 0 Å². The maximum Gasteiger partial charge on any atom is 0.0723 e. The Morgan fingerprint density at radius 2 is 1.89 bits per heavy atom. The molecule has 0 aromatic rings. The van der Waals surface area contributed by atoms with Crippen LogP contribution in [0.3, 0.4) is 0 Å². The van der Waals surface area contributed by atoms with E-state index in [9.17, 15) is 5.11 Å². The van der Waals surface area contributed by atoms with Gasteiger partial charge in [-0.15, -0.1) is 0 Å². The summed E-state index contributed by atoms with van der Waals surface area (Å²) in [5.41, 5.74) is 2.62. The summed E-state index contributed by atoms with van der Waals surface area (Å²) in [4.78, 5) is 0. The lowest BCUT2D eigenvalue weighted by Crippen LogP contribution is -2.50. The molecular weight excluding hydrogens is 220 g/mol. The molecule has 0 saturated heterocycles. The van der Waals surface area contributed by atoms with Gasteiger partial charge < -0.3 is 5.11 Å². The Morgan fingerprint density at radius 3 is 2.67 bits per heavy atom. The molecule has 0 bridgehead atoms. The number of fused-ring (bicyclic) bond motifs is 3. The molecule has 3 rings (SSSR count). The van der Waals surface area contributed by atoms with E-state index in [0.29, 0.717) is 10.8 Å². The molecule has 2 saturated carbocycles. The van der Waals surface area contributed by atoms with Crippen LogP contribution in [0, 0.1) is 22.7 Å². The molecular formula is C17H28O. The molecule has 0 unspecified atom stereocenters. The van der Waals surface area contributed by atoms with Crippen molar-refractivity contribution in [1.82, 2.24) is 0 Å². The smallest absolute Gasteiger partial charge is 0.0723 e. The zero-order chi connectivity index (χ0) is 13.0. The zero-order valence-electron chi connectivity index (χ0n) is 12.2. The fourth-order valence-corrected chi connectivity index (χ4v) is 5.59. The molecule has 1 N–H and O–H groups in total. The molecule has 0 aliphatic heterocycles. The highest BCUT2D eigenvalue weighted by Gasteiger charge is 2.53. The molecule has 0 aromatic carbocycles. The van der Waals surface area contributed by atoms with E-state index in [-0.39, 0.29) is 6.10 Å². The third-order valence-corrected chi connectivity index (χ3v) is 6.40. The summed E-state index contributed by atoms with van der Waals surface area (Å²) >= 11 is 0. The van der Waals surface area contributed by atoms with Gasteiger partial charge in [-0.25, -0.2) is 0 Å². The third kappa shape index (κ3) is 1.78. The van der Waals surface area contributed by atoms with Crippen molar-refractivity contribution in [3.8, 4) is 0 Å². The highest BCUT2D eigenvalue weighted by atomic mass is 16.3. The van der Waals surface area contributed by atoms with Gasteiger partial charge in [0.2, 0.25) is 0 Å². The molecule has 1 nitrogen and oxygen atoms in total.